The SMILES string of the molecule is CC(C)=CCCC(C)CCOS. The second kappa shape index (κ2) is 7.69. The summed E-state index contributed by atoms with van der Waals surface area (Å²) in [6.45, 7) is 7.30. The summed E-state index contributed by atoms with van der Waals surface area (Å²) in [5, 5.41) is 0. The minimum atomic E-state index is 0.743. The summed E-state index contributed by atoms with van der Waals surface area (Å²) < 4.78 is 4.72. The van der Waals surface area contributed by atoms with E-state index in [1.54, 1.807) is 0 Å². The number of hydrogen-bond acceptors (Lipinski definition) is 2. The fraction of sp³-hybridized carbons (Fsp3) is 0.800. The highest BCUT2D eigenvalue weighted by Gasteiger charge is 1.99. The van der Waals surface area contributed by atoms with Gasteiger partial charge in [0.25, 0.3) is 0 Å². The van der Waals surface area contributed by atoms with Crippen molar-refractivity contribution in [3.63, 3.8) is 0 Å². The molecule has 0 bridgehead atoms. The summed E-state index contributed by atoms with van der Waals surface area (Å²) in [6, 6.07) is 0. The normalized spacial score (nSPS) is 12.7. The Labute approximate surface area is 81.8 Å². The predicted molar refractivity (Wildman–Crippen MR) is 57.4 cm³/mol. The van der Waals surface area contributed by atoms with Crippen molar-refractivity contribution in [1.82, 2.24) is 0 Å². The summed E-state index contributed by atoms with van der Waals surface area (Å²) in [7, 11) is 0. The molecular formula is C10H20OS. The fourth-order valence-electron chi connectivity index (χ4n) is 1.05. The Kier molecular flexibility index (Phi) is 7.72. The van der Waals surface area contributed by atoms with E-state index in [-0.39, 0.29) is 0 Å². The zero-order valence-corrected chi connectivity index (χ0v) is 9.23. The maximum Gasteiger partial charge on any atom is 0.0613 e. The van der Waals surface area contributed by atoms with Gasteiger partial charge < -0.3 is 4.18 Å². The van der Waals surface area contributed by atoms with Crippen LogP contribution in [0.15, 0.2) is 11.6 Å². The van der Waals surface area contributed by atoms with Gasteiger partial charge in [0.15, 0.2) is 0 Å². The minimum Gasteiger partial charge on any atom is -0.318 e. The van der Waals surface area contributed by atoms with E-state index in [2.05, 4.69) is 39.8 Å². The van der Waals surface area contributed by atoms with Crippen LogP contribution in [0.5, 0.6) is 0 Å². The van der Waals surface area contributed by atoms with Crippen LogP contribution in [0.2, 0.25) is 0 Å². The van der Waals surface area contributed by atoms with Crippen LogP contribution in [-0.4, -0.2) is 6.61 Å². The van der Waals surface area contributed by atoms with Crippen molar-refractivity contribution < 1.29 is 4.18 Å². The van der Waals surface area contributed by atoms with Gasteiger partial charge in [-0.3, -0.25) is 0 Å². The quantitative estimate of drug-likeness (QED) is 0.380. The van der Waals surface area contributed by atoms with Crippen molar-refractivity contribution >= 4 is 12.9 Å². The van der Waals surface area contributed by atoms with Crippen molar-refractivity contribution in [3.05, 3.63) is 11.6 Å². The van der Waals surface area contributed by atoms with Crippen LogP contribution in [0.1, 0.15) is 40.0 Å². The summed E-state index contributed by atoms with van der Waals surface area (Å²) in [5.41, 5.74) is 1.41. The Balaban J connectivity index is 3.31. The number of allylic oxidation sites excluding steroid dienone is 2. The molecule has 0 aromatic carbocycles. The van der Waals surface area contributed by atoms with E-state index >= 15 is 0 Å². The number of thiol groups is 1. The second-order valence-corrected chi connectivity index (χ2v) is 3.84. The number of hydrogen-bond donors (Lipinski definition) is 1. The second-order valence-electron chi connectivity index (χ2n) is 3.59. The molecule has 0 fully saturated rings. The molecule has 0 amide bonds. The summed E-state index contributed by atoms with van der Waals surface area (Å²) in [5.74, 6) is 0.743. The Morgan fingerprint density at radius 3 is 2.58 bits per heavy atom. The van der Waals surface area contributed by atoms with Gasteiger partial charge >= 0.3 is 0 Å². The van der Waals surface area contributed by atoms with Crippen LogP contribution < -0.4 is 0 Å². The molecule has 0 radical (unpaired) electrons. The lowest BCUT2D eigenvalue weighted by Crippen LogP contribution is -1.97. The third-order valence-corrected chi connectivity index (χ3v) is 2.10. The van der Waals surface area contributed by atoms with Crippen LogP contribution in [0.3, 0.4) is 0 Å². The van der Waals surface area contributed by atoms with Crippen LogP contribution in [0.4, 0.5) is 0 Å². The average molecular weight is 188 g/mol. The van der Waals surface area contributed by atoms with Gasteiger partial charge in [-0.05, 0) is 51.9 Å². The molecule has 12 heavy (non-hydrogen) atoms. The molecule has 1 atom stereocenters. The van der Waals surface area contributed by atoms with Crippen LogP contribution in [-0.2, 0) is 4.18 Å². The molecule has 0 saturated heterocycles. The molecule has 2 heteroatoms. The lowest BCUT2D eigenvalue weighted by atomic mass is 10.0. The Bertz CT molecular complexity index is 128. The lowest BCUT2D eigenvalue weighted by molar-refractivity contribution is 0.325. The van der Waals surface area contributed by atoms with Crippen LogP contribution >= 0.6 is 12.9 Å². The monoisotopic (exact) mass is 188 g/mol. The minimum absolute atomic E-state index is 0.743. The van der Waals surface area contributed by atoms with Gasteiger partial charge in [-0.15, -0.1) is 0 Å². The van der Waals surface area contributed by atoms with Crippen LogP contribution in [0, 0.1) is 5.92 Å². The van der Waals surface area contributed by atoms with E-state index in [0.717, 1.165) is 18.9 Å². The molecule has 0 saturated carbocycles. The first kappa shape index (κ1) is 12.0. The molecule has 0 aliphatic rings. The zero-order chi connectivity index (χ0) is 9.40. The van der Waals surface area contributed by atoms with Crippen LogP contribution in [0.25, 0.3) is 0 Å². The average Bonchev–Trinajstić information content (AvgIpc) is 2.00. The van der Waals surface area contributed by atoms with Gasteiger partial charge in [0.1, 0.15) is 0 Å². The molecule has 0 rings (SSSR count). The van der Waals surface area contributed by atoms with Gasteiger partial charge in [-0.1, -0.05) is 18.6 Å². The van der Waals surface area contributed by atoms with Crippen molar-refractivity contribution in [1.29, 1.82) is 0 Å². The lowest BCUT2D eigenvalue weighted by Gasteiger charge is -2.07. The highest BCUT2D eigenvalue weighted by atomic mass is 32.1. The van der Waals surface area contributed by atoms with Gasteiger partial charge in [0.05, 0.1) is 6.61 Å². The van der Waals surface area contributed by atoms with E-state index in [0.29, 0.717) is 0 Å². The molecule has 0 aromatic rings. The summed E-state index contributed by atoms with van der Waals surface area (Å²) >= 11 is 3.71. The molecule has 0 aliphatic heterocycles. The third-order valence-electron chi connectivity index (χ3n) is 1.91. The van der Waals surface area contributed by atoms with Crippen molar-refractivity contribution in [2.75, 3.05) is 6.61 Å². The van der Waals surface area contributed by atoms with Crippen molar-refractivity contribution in [2.24, 2.45) is 5.92 Å². The van der Waals surface area contributed by atoms with Gasteiger partial charge in [-0.25, -0.2) is 0 Å². The van der Waals surface area contributed by atoms with E-state index in [4.69, 9.17) is 4.18 Å². The first-order chi connectivity index (χ1) is 5.66. The molecular weight excluding hydrogens is 168 g/mol. The molecule has 1 unspecified atom stereocenters. The van der Waals surface area contributed by atoms with Gasteiger partial charge in [-0.2, -0.15) is 0 Å². The van der Waals surface area contributed by atoms with E-state index in [1.165, 1.54) is 18.4 Å². The van der Waals surface area contributed by atoms with E-state index in [9.17, 15) is 0 Å². The first-order valence-corrected chi connectivity index (χ1v) is 4.93. The molecule has 1 nitrogen and oxygen atoms in total. The van der Waals surface area contributed by atoms with Crippen molar-refractivity contribution in [2.45, 2.75) is 40.0 Å². The standard InChI is InChI=1S/C10H20OS/c1-9(2)5-4-6-10(3)7-8-11-12/h5,10,12H,4,6-8H2,1-3H3. The maximum absolute atomic E-state index is 4.72. The molecule has 0 aliphatic carbocycles. The third kappa shape index (κ3) is 8.15. The smallest absolute Gasteiger partial charge is 0.0613 e. The Morgan fingerprint density at radius 1 is 1.42 bits per heavy atom. The largest absolute Gasteiger partial charge is 0.318 e. The van der Waals surface area contributed by atoms with E-state index in [1.807, 2.05) is 0 Å². The topological polar surface area (TPSA) is 9.23 Å². The first-order valence-electron chi connectivity index (χ1n) is 4.56. The summed E-state index contributed by atoms with van der Waals surface area (Å²) in [6.07, 6.45) is 5.84. The molecule has 0 heterocycles. The Morgan fingerprint density at radius 2 is 2.08 bits per heavy atom. The van der Waals surface area contributed by atoms with Gasteiger partial charge in [0.2, 0.25) is 0 Å². The highest BCUT2D eigenvalue weighted by molar-refractivity contribution is 7.75. The maximum atomic E-state index is 4.72. The molecule has 72 valence electrons. The Hall–Kier alpha value is 0.0500. The molecule has 0 N–H and O–H groups in total. The van der Waals surface area contributed by atoms with Crippen molar-refractivity contribution in [3.8, 4) is 0 Å². The molecule has 0 aromatic heterocycles. The van der Waals surface area contributed by atoms with Gasteiger partial charge in [0, 0.05) is 0 Å². The fourth-order valence-corrected chi connectivity index (χ4v) is 1.16. The highest BCUT2D eigenvalue weighted by Crippen LogP contribution is 2.11. The van der Waals surface area contributed by atoms with E-state index < -0.39 is 0 Å². The summed E-state index contributed by atoms with van der Waals surface area (Å²) in [4.78, 5) is 0. The zero-order valence-electron chi connectivity index (χ0n) is 8.34. The number of rotatable bonds is 6. The molecule has 0 spiro atoms. The predicted octanol–water partition coefficient (Wildman–Crippen LogP) is 3.62.